The first-order valence-corrected chi connectivity index (χ1v) is 19.1. The van der Waals surface area contributed by atoms with Gasteiger partial charge < -0.3 is 19.3 Å². The standard InChI is InChI=1S/C39H52N2O8S/c1-4-5-6-7-8-9-10-11-12-13-14-15-16-20-25-49-35-24-23-31(29-36(35)47-2)37(30-21-18-17-19-22-30)40-41-50(45,46)34-27-32(38(42)43)26-33(28-34)39(44)48-3/h17-19,21-24,26-29,41H,4-16,20,25H2,1-3H3,(H,42,43)/b40-37+. The van der Waals surface area contributed by atoms with E-state index in [-0.39, 0.29) is 11.3 Å². The molecule has 0 spiro atoms. The third-order valence-electron chi connectivity index (χ3n) is 8.40. The molecule has 11 heteroatoms. The van der Waals surface area contributed by atoms with Crippen LogP contribution in [-0.4, -0.2) is 52.0 Å². The van der Waals surface area contributed by atoms with Crippen LogP contribution in [0.3, 0.4) is 0 Å². The minimum absolute atomic E-state index is 0.227. The number of methoxy groups -OCH3 is 2. The van der Waals surface area contributed by atoms with Gasteiger partial charge in [0.15, 0.2) is 11.5 Å². The Morgan fingerprint density at radius 1 is 0.680 bits per heavy atom. The number of carboxylic acid groups (broad SMARTS) is 1. The van der Waals surface area contributed by atoms with Crippen LogP contribution in [-0.2, 0) is 14.8 Å². The van der Waals surface area contributed by atoms with Gasteiger partial charge in [-0.15, -0.1) is 0 Å². The third kappa shape index (κ3) is 13.2. The summed E-state index contributed by atoms with van der Waals surface area (Å²) in [4.78, 5) is 25.5. The van der Waals surface area contributed by atoms with Crippen LogP contribution < -0.4 is 14.3 Å². The highest BCUT2D eigenvalue weighted by Crippen LogP contribution is 2.30. The van der Waals surface area contributed by atoms with Gasteiger partial charge in [-0.05, 0) is 42.8 Å². The fraction of sp³-hybridized carbons (Fsp3) is 0.462. The summed E-state index contributed by atoms with van der Waals surface area (Å²) >= 11 is 0. The summed E-state index contributed by atoms with van der Waals surface area (Å²) in [6, 6.07) is 17.3. The Balaban J connectivity index is 1.61. The lowest BCUT2D eigenvalue weighted by atomic mass is 10.0. The Labute approximate surface area is 297 Å². The van der Waals surface area contributed by atoms with Crippen LogP contribution >= 0.6 is 0 Å². The molecule has 272 valence electrons. The Morgan fingerprint density at radius 2 is 1.26 bits per heavy atom. The lowest BCUT2D eigenvalue weighted by Crippen LogP contribution is -2.22. The zero-order valence-electron chi connectivity index (χ0n) is 29.6. The topological polar surface area (TPSA) is 141 Å². The van der Waals surface area contributed by atoms with E-state index in [9.17, 15) is 23.1 Å². The average molecular weight is 709 g/mol. The van der Waals surface area contributed by atoms with Crippen LogP contribution in [0.4, 0.5) is 0 Å². The van der Waals surface area contributed by atoms with Crippen molar-refractivity contribution in [1.82, 2.24) is 4.83 Å². The number of sulfonamides is 1. The van der Waals surface area contributed by atoms with Crippen LogP contribution in [0.2, 0.25) is 0 Å². The summed E-state index contributed by atoms with van der Waals surface area (Å²) in [5, 5.41) is 13.7. The second kappa shape index (κ2) is 21.7. The van der Waals surface area contributed by atoms with Crippen molar-refractivity contribution < 1.29 is 37.3 Å². The molecule has 0 amide bonds. The quantitative estimate of drug-likeness (QED) is 0.0407. The number of carbonyl (C=O) groups is 2. The number of carbonyl (C=O) groups excluding carboxylic acids is 1. The molecule has 0 aliphatic rings. The number of benzene rings is 3. The van der Waals surface area contributed by atoms with Gasteiger partial charge in [0.05, 0.1) is 42.6 Å². The maximum Gasteiger partial charge on any atom is 0.337 e. The van der Waals surface area contributed by atoms with Crippen molar-refractivity contribution in [2.75, 3.05) is 20.8 Å². The molecular formula is C39H52N2O8S. The molecule has 0 radical (unpaired) electrons. The molecule has 10 nitrogen and oxygen atoms in total. The van der Waals surface area contributed by atoms with Crippen molar-refractivity contribution in [2.24, 2.45) is 5.10 Å². The number of unbranched alkanes of at least 4 members (excludes halogenated alkanes) is 13. The fourth-order valence-corrected chi connectivity index (χ4v) is 6.46. The molecule has 0 unspecified atom stereocenters. The highest BCUT2D eigenvalue weighted by molar-refractivity contribution is 7.89. The van der Waals surface area contributed by atoms with E-state index in [0.717, 1.165) is 38.2 Å². The highest BCUT2D eigenvalue weighted by atomic mass is 32.2. The van der Waals surface area contributed by atoms with E-state index < -0.39 is 32.4 Å². The van der Waals surface area contributed by atoms with Crippen LogP contribution in [0.15, 0.2) is 76.7 Å². The molecule has 0 aliphatic heterocycles. The molecule has 2 N–H and O–H groups in total. The maximum absolute atomic E-state index is 13.3. The first-order valence-electron chi connectivity index (χ1n) is 17.6. The second-order valence-corrected chi connectivity index (χ2v) is 13.9. The van der Waals surface area contributed by atoms with E-state index in [1.165, 1.54) is 84.2 Å². The summed E-state index contributed by atoms with van der Waals surface area (Å²) in [7, 11) is -1.76. The zero-order valence-corrected chi connectivity index (χ0v) is 30.4. The van der Waals surface area contributed by atoms with Crippen molar-refractivity contribution in [3.63, 3.8) is 0 Å². The Morgan fingerprint density at radius 3 is 1.82 bits per heavy atom. The van der Waals surface area contributed by atoms with Gasteiger partial charge >= 0.3 is 11.9 Å². The molecule has 0 heterocycles. The van der Waals surface area contributed by atoms with Crippen LogP contribution in [0.25, 0.3) is 0 Å². The van der Waals surface area contributed by atoms with Crippen molar-refractivity contribution in [1.29, 1.82) is 0 Å². The van der Waals surface area contributed by atoms with Crippen molar-refractivity contribution in [3.05, 3.63) is 89.0 Å². The number of hydrogen-bond acceptors (Lipinski definition) is 8. The normalized spacial score (nSPS) is 11.6. The van der Waals surface area contributed by atoms with E-state index in [0.29, 0.717) is 29.2 Å². The fourth-order valence-electron chi connectivity index (χ4n) is 5.58. The van der Waals surface area contributed by atoms with Gasteiger partial charge in [0.1, 0.15) is 0 Å². The van der Waals surface area contributed by atoms with E-state index in [1.54, 1.807) is 42.5 Å². The molecular weight excluding hydrogens is 657 g/mol. The summed E-state index contributed by atoms with van der Waals surface area (Å²) in [5.41, 5.74) is 0.829. The number of aromatic carboxylic acids is 1. The van der Waals surface area contributed by atoms with Gasteiger partial charge in [0.25, 0.3) is 10.0 Å². The molecule has 0 saturated carbocycles. The molecule has 3 rings (SSSR count). The molecule has 50 heavy (non-hydrogen) atoms. The summed E-state index contributed by atoms with van der Waals surface area (Å²) in [6.07, 6.45) is 18.0. The van der Waals surface area contributed by atoms with Crippen molar-refractivity contribution >= 4 is 27.7 Å². The van der Waals surface area contributed by atoms with Gasteiger partial charge in [-0.25, -0.2) is 9.59 Å². The van der Waals surface area contributed by atoms with Crippen LogP contribution in [0.5, 0.6) is 11.5 Å². The summed E-state index contributed by atoms with van der Waals surface area (Å²) in [5.74, 6) is -1.24. The summed E-state index contributed by atoms with van der Waals surface area (Å²) < 4.78 is 43.0. The molecule has 0 aromatic heterocycles. The minimum atomic E-state index is -4.41. The van der Waals surface area contributed by atoms with Crippen molar-refractivity contribution in [3.8, 4) is 11.5 Å². The number of ether oxygens (including phenoxy) is 3. The Bertz CT molecular complexity index is 1640. The van der Waals surface area contributed by atoms with Crippen molar-refractivity contribution in [2.45, 2.75) is 102 Å². The van der Waals surface area contributed by atoms with E-state index >= 15 is 0 Å². The summed E-state index contributed by atoms with van der Waals surface area (Å²) in [6.45, 7) is 2.81. The molecule has 0 fully saturated rings. The maximum atomic E-state index is 13.3. The smallest absolute Gasteiger partial charge is 0.337 e. The average Bonchev–Trinajstić information content (AvgIpc) is 3.13. The van der Waals surface area contributed by atoms with Gasteiger partial charge in [0, 0.05) is 11.1 Å². The first kappa shape index (κ1) is 40.1. The van der Waals surface area contributed by atoms with E-state index in [4.69, 9.17) is 9.47 Å². The number of carboxylic acids is 1. The minimum Gasteiger partial charge on any atom is -0.493 e. The number of nitrogens with zero attached hydrogens (tertiary/aromatic N) is 1. The number of nitrogens with one attached hydrogen (secondary N) is 1. The number of esters is 1. The second-order valence-electron chi connectivity index (χ2n) is 12.3. The first-order chi connectivity index (χ1) is 24.2. The zero-order chi connectivity index (χ0) is 36.2. The Kier molecular flexibility index (Phi) is 17.3. The van der Waals surface area contributed by atoms with Gasteiger partial charge in [0.2, 0.25) is 0 Å². The SMILES string of the molecule is CCCCCCCCCCCCCCCCOc1ccc(/C(=N/NS(=O)(=O)c2cc(C(=O)O)cc(C(=O)OC)c2)c2ccccc2)cc1OC. The van der Waals surface area contributed by atoms with Gasteiger partial charge in [-0.3, -0.25) is 0 Å². The number of rotatable bonds is 24. The van der Waals surface area contributed by atoms with E-state index in [1.807, 2.05) is 6.07 Å². The van der Waals surface area contributed by atoms with Crippen LogP contribution in [0.1, 0.15) is 129 Å². The predicted molar refractivity (Wildman–Crippen MR) is 196 cm³/mol. The monoisotopic (exact) mass is 708 g/mol. The number of hydrogen-bond donors (Lipinski definition) is 2. The largest absolute Gasteiger partial charge is 0.493 e. The predicted octanol–water partition coefficient (Wildman–Crippen LogP) is 8.77. The third-order valence-corrected chi connectivity index (χ3v) is 9.59. The van der Waals surface area contributed by atoms with E-state index in [2.05, 4.69) is 21.6 Å². The highest BCUT2D eigenvalue weighted by Gasteiger charge is 2.21. The lowest BCUT2D eigenvalue weighted by molar-refractivity contribution is 0.0600. The molecule has 3 aromatic rings. The number of hydrazone groups is 1. The molecule has 0 saturated heterocycles. The van der Waals surface area contributed by atoms with Gasteiger partial charge in [-0.1, -0.05) is 121 Å². The van der Waals surface area contributed by atoms with Gasteiger partial charge in [-0.2, -0.15) is 18.4 Å². The van der Waals surface area contributed by atoms with Crippen LogP contribution in [0, 0.1) is 0 Å². The lowest BCUT2D eigenvalue weighted by Gasteiger charge is -2.14. The molecule has 0 aliphatic carbocycles. The Hall–Kier alpha value is -4.38. The molecule has 3 aromatic carbocycles. The molecule has 0 atom stereocenters. The molecule has 0 bridgehead atoms.